The number of hydrogen-bond donors (Lipinski definition) is 2. The molecule has 3 nitrogen and oxygen atoms in total. The van der Waals surface area contributed by atoms with E-state index in [1.807, 2.05) is 30.3 Å². The lowest BCUT2D eigenvalue weighted by Crippen LogP contribution is -2.07. The van der Waals surface area contributed by atoms with E-state index in [9.17, 15) is 5.11 Å². The Labute approximate surface area is 123 Å². The van der Waals surface area contributed by atoms with Crippen LogP contribution >= 0.6 is 11.6 Å². The maximum absolute atomic E-state index is 9.88. The van der Waals surface area contributed by atoms with Crippen molar-refractivity contribution in [2.75, 3.05) is 12.4 Å². The van der Waals surface area contributed by atoms with E-state index in [0.29, 0.717) is 10.8 Å². The molecule has 1 unspecified atom stereocenters. The molecule has 4 heteroatoms. The van der Waals surface area contributed by atoms with Crippen LogP contribution in [0.25, 0.3) is 0 Å². The van der Waals surface area contributed by atoms with E-state index in [1.54, 1.807) is 13.2 Å². The van der Waals surface area contributed by atoms with Gasteiger partial charge in [0.25, 0.3) is 0 Å². The summed E-state index contributed by atoms with van der Waals surface area (Å²) in [6.07, 6.45) is 1.82. The first kappa shape index (κ1) is 13.1. The minimum atomic E-state index is 0.168. The van der Waals surface area contributed by atoms with Gasteiger partial charge in [0, 0.05) is 6.07 Å². The molecular formula is C16H16ClNO2. The number of phenolic OH excluding ortho intramolecular Hbond substituents is 1. The van der Waals surface area contributed by atoms with Crippen LogP contribution in [-0.2, 0) is 6.42 Å². The van der Waals surface area contributed by atoms with Gasteiger partial charge in [0.05, 0.1) is 23.9 Å². The van der Waals surface area contributed by atoms with Gasteiger partial charge in [-0.3, -0.25) is 0 Å². The zero-order valence-corrected chi connectivity index (χ0v) is 11.9. The third-order valence-electron chi connectivity index (χ3n) is 3.75. The zero-order chi connectivity index (χ0) is 14.1. The van der Waals surface area contributed by atoms with E-state index < -0.39 is 0 Å². The summed E-state index contributed by atoms with van der Waals surface area (Å²) < 4.78 is 5.22. The van der Waals surface area contributed by atoms with Crippen molar-refractivity contribution in [2.24, 2.45) is 0 Å². The van der Waals surface area contributed by atoms with Crippen molar-refractivity contribution in [3.8, 4) is 11.5 Å². The van der Waals surface area contributed by atoms with Crippen molar-refractivity contribution in [3.63, 3.8) is 0 Å². The predicted octanol–water partition coefficient (Wildman–Crippen LogP) is 4.15. The van der Waals surface area contributed by atoms with Gasteiger partial charge in [-0.2, -0.15) is 0 Å². The molecule has 20 heavy (non-hydrogen) atoms. The Morgan fingerprint density at radius 1 is 1.30 bits per heavy atom. The quantitative estimate of drug-likeness (QED) is 0.892. The lowest BCUT2D eigenvalue weighted by Gasteiger charge is -2.17. The monoisotopic (exact) mass is 289 g/mol. The SMILES string of the molecule is COc1ccc(Cl)c(NC2CCc3c(O)cccc32)c1. The summed E-state index contributed by atoms with van der Waals surface area (Å²) in [6, 6.07) is 11.4. The Bertz CT molecular complexity index is 642. The predicted molar refractivity (Wildman–Crippen MR) is 80.8 cm³/mol. The molecule has 0 saturated heterocycles. The molecule has 1 aliphatic carbocycles. The minimum absolute atomic E-state index is 0.168. The highest BCUT2D eigenvalue weighted by atomic mass is 35.5. The fourth-order valence-corrected chi connectivity index (χ4v) is 2.89. The normalized spacial score (nSPS) is 16.8. The lowest BCUT2D eigenvalue weighted by molar-refractivity contribution is 0.415. The van der Waals surface area contributed by atoms with Crippen LogP contribution in [0, 0.1) is 0 Å². The largest absolute Gasteiger partial charge is 0.508 e. The highest BCUT2D eigenvalue weighted by molar-refractivity contribution is 6.33. The van der Waals surface area contributed by atoms with Crippen LogP contribution in [-0.4, -0.2) is 12.2 Å². The molecule has 0 fully saturated rings. The average Bonchev–Trinajstić information content (AvgIpc) is 2.86. The summed E-state index contributed by atoms with van der Waals surface area (Å²) in [5.74, 6) is 1.15. The van der Waals surface area contributed by atoms with Crippen LogP contribution < -0.4 is 10.1 Å². The number of rotatable bonds is 3. The summed E-state index contributed by atoms with van der Waals surface area (Å²) in [6.45, 7) is 0. The second-order valence-corrected chi connectivity index (χ2v) is 5.33. The van der Waals surface area contributed by atoms with Crippen molar-refractivity contribution in [1.29, 1.82) is 0 Å². The number of halogens is 1. The third kappa shape index (κ3) is 2.29. The molecule has 3 rings (SSSR count). The van der Waals surface area contributed by atoms with Crippen LogP contribution in [0.4, 0.5) is 5.69 Å². The van der Waals surface area contributed by atoms with Gasteiger partial charge < -0.3 is 15.2 Å². The smallest absolute Gasteiger partial charge is 0.121 e. The summed E-state index contributed by atoms with van der Waals surface area (Å²) in [7, 11) is 1.63. The third-order valence-corrected chi connectivity index (χ3v) is 4.08. The summed E-state index contributed by atoms with van der Waals surface area (Å²) in [5.41, 5.74) is 3.03. The van der Waals surface area contributed by atoms with Gasteiger partial charge in [-0.1, -0.05) is 23.7 Å². The van der Waals surface area contributed by atoms with Crippen LogP contribution in [0.1, 0.15) is 23.6 Å². The molecule has 0 amide bonds. The molecule has 0 bridgehead atoms. The molecule has 0 heterocycles. The first-order chi connectivity index (χ1) is 9.69. The highest BCUT2D eigenvalue weighted by Crippen LogP contribution is 2.39. The molecule has 1 atom stereocenters. The van der Waals surface area contributed by atoms with E-state index in [1.165, 1.54) is 0 Å². The highest BCUT2D eigenvalue weighted by Gasteiger charge is 2.25. The molecule has 0 aliphatic heterocycles. The van der Waals surface area contributed by atoms with Gasteiger partial charge in [0.15, 0.2) is 0 Å². The topological polar surface area (TPSA) is 41.5 Å². The Hall–Kier alpha value is -1.87. The first-order valence-corrected chi connectivity index (χ1v) is 6.97. The number of aromatic hydroxyl groups is 1. The van der Waals surface area contributed by atoms with Gasteiger partial charge in [-0.25, -0.2) is 0 Å². The second-order valence-electron chi connectivity index (χ2n) is 4.93. The molecule has 2 aromatic rings. The van der Waals surface area contributed by atoms with Crippen LogP contribution in [0.3, 0.4) is 0 Å². The molecule has 0 spiro atoms. The molecule has 104 valence electrons. The number of benzene rings is 2. The van der Waals surface area contributed by atoms with Crippen LogP contribution in [0.15, 0.2) is 36.4 Å². The maximum Gasteiger partial charge on any atom is 0.121 e. The van der Waals surface area contributed by atoms with Gasteiger partial charge in [-0.15, -0.1) is 0 Å². The zero-order valence-electron chi connectivity index (χ0n) is 11.2. The van der Waals surface area contributed by atoms with E-state index in [2.05, 4.69) is 5.32 Å². The molecule has 0 saturated carbocycles. The number of methoxy groups -OCH3 is 1. The fraction of sp³-hybridized carbons (Fsp3) is 0.250. The molecule has 0 aromatic heterocycles. The van der Waals surface area contributed by atoms with Gasteiger partial charge >= 0.3 is 0 Å². The van der Waals surface area contributed by atoms with E-state index in [0.717, 1.165) is 35.4 Å². The summed E-state index contributed by atoms with van der Waals surface area (Å²) >= 11 is 6.22. The Morgan fingerprint density at radius 2 is 2.15 bits per heavy atom. The summed E-state index contributed by atoms with van der Waals surface area (Å²) in [4.78, 5) is 0. The number of hydrogen-bond acceptors (Lipinski definition) is 3. The van der Waals surface area contributed by atoms with Crippen molar-refractivity contribution in [2.45, 2.75) is 18.9 Å². The van der Waals surface area contributed by atoms with Crippen molar-refractivity contribution < 1.29 is 9.84 Å². The average molecular weight is 290 g/mol. The van der Waals surface area contributed by atoms with Gasteiger partial charge in [-0.05, 0) is 42.2 Å². The number of anilines is 1. The molecule has 1 aliphatic rings. The van der Waals surface area contributed by atoms with Gasteiger partial charge in [0.1, 0.15) is 11.5 Å². The van der Waals surface area contributed by atoms with E-state index in [4.69, 9.17) is 16.3 Å². The Balaban J connectivity index is 1.89. The van der Waals surface area contributed by atoms with Crippen molar-refractivity contribution >= 4 is 17.3 Å². The van der Waals surface area contributed by atoms with Crippen LogP contribution in [0.5, 0.6) is 11.5 Å². The number of fused-ring (bicyclic) bond motifs is 1. The van der Waals surface area contributed by atoms with Crippen molar-refractivity contribution in [1.82, 2.24) is 0 Å². The number of nitrogens with one attached hydrogen (secondary N) is 1. The maximum atomic E-state index is 9.88. The first-order valence-electron chi connectivity index (χ1n) is 6.60. The second kappa shape index (κ2) is 5.25. The number of ether oxygens (including phenoxy) is 1. The Morgan fingerprint density at radius 3 is 2.95 bits per heavy atom. The van der Waals surface area contributed by atoms with E-state index in [-0.39, 0.29) is 6.04 Å². The fourth-order valence-electron chi connectivity index (χ4n) is 2.71. The Kier molecular flexibility index (Phi) is 3.45. The van der Waals surface area contributed by atoms with Crippen molar-refractivity contribution in [3.05, 3.63) is 52.5 Å². The minimum Gasteiger partial charge on any atom is -0.508 e. The molecular weight excluding hydrogens is 274 g/mol. The van der Waals surface area contributed by atoms with Gasteiger partial charge in [0.2, 0.25) is 0 Å². The summed E-state index contributed by atoms with van der Waals surface area (Å²) in [5, 5.41) is 14.0. The lowest BCUT2D eigenvalue weighted by atomic mass is 10.1. The van der Waals surface area contributed by atoms with Crippen LogP contribution in [0.2, 0.25) is 5.02 Å². The molecule has 2 N–H and O–H groups in total. The molecule has 0 radical (unpaired) electrons. The number of phenols is 1. The van der Waals surface area contributed by atoms with E-state index >= 15 is 0 Å². The standard InChI is InChI=1S/C16H16ClNO2/c1-20-10-5-7-13(17)15(9-10)18-14-8-6-12-11(14)3-2-4-16(12)19/h2-5,7,9,14,18-19H,6,8H2,1H3. The molecule has 2 aromatic carbocycles.